The quantitative estimate of drug-likeness (QED) is 0.753. The highest BCUT2D eigenvalue weighted by Crippen LogP contribution is 2.19. The molecule has 1 saturated heterocycles. The first-order valence-electron chi connectivity index (χ1n) is 8.26. The van der Waals surface area contributed by atoms with Crippen molar-refractivity contribution in [1.29, 1.82) is 0 Å². The van der Waals surface area contributed by atoms with Crippen LogP contribution in [0.5, 0.6) is 0 Å². The molecule has 8 nitrogen and oxygen atoms in total. The summed E-state index contributed by atoms with van der Waals surface area (Å²) in [5.74, 6) is -0.551. The van der Waals surface area contributed by atoms with Crippen molar-refractivity contribution in [2.75, 3.05) is 21.1 Å². The molecule has 1 atom stereocenters. The fourth-order valence-electron chi connectivity index (χ4n) is 3.02. The topological polar surface area (TPSA) is 78.8 Å². The molecule has 2 aromatic rings. The van der Waals surface area contributed by atoms with Gasteiger partial charge in [0.15, 0.2) is 0 Å². The van der Waals surface area contributed by atoms with Gasteiger partial charge in [0, 0.05) is 40.1 Å². The number of urea groups is 1. The Bertz CT molecular complexity index is 833. The Morgan fingerprint density at radius 1 is 1.19 bits per heavy atom. The number of rotatable bonds is 5. The van der Waals surface area contributed by atoms with Crippen molar-refractivity contribution in [3.63, 3.8) is 0 Å². The highest BCUT2D eigenvalue weighted by Gasteiger charge is 2.42. The van der Waals surface area contributed by atoms with Crippen LogP contribution in [0.1, 0.15) is 12.0 Å². The van der Waals surface area contributed by atoms with Crippen LogP contribution in [0.25, 0.3) is 5.69 Å². The van der Waals surface area contributed by atoms with Crippen molar-refractivity contribution < 1.29 is 14.4 Å². The number of hydrogen-bond donors (Lipinski definition) is 0. The van der Waals surface area contributed by atoms with E-state index in [-0.39, 0.29) is 24.3 Å². The van der Waals surface area contributed by atoms with Crippen LogP contribution >= 0.6 is 0 Å². The number of hydrogen-bond acceptors (Lipinski definition) is 4. The third kappa shape index (κ3) is 3.17. The van der Waals surface area contributed by atoms with E-state index in [0.29, 0.717) is 6.54 Å². The minimum absolute atomic E-state index is 0.0359. The summed E-state index contributed by atoms with van der Waals surface area (Å²) in [6.45, 7) is 0.378. The predicted molar refractivity (Wildman–Crippen MR) is 94.4 cm³/mol. The predicted octanol–water partition coefficient (Wildman–Crippen LogP) is 1.11. The van der Waals surface area contributed by atoms with E-state index >= 15 is 0 Å². The summed E-state index contributed by atoms with van der Waals surface area (Å²) in [6, 6.07) is 8.38. The maximum Gasteiger partial charge on any atom is 0.326 e. The molecule has 0 radical (unpaired) electrons. The molecule has 1 aromatic carbocycles. The number of likely N-dealkylation sites (N-methyl/N-ethyl adjacent to an activating group) is 2. The molecule has 0 spiro atoms. The average molecular weight is 355 g/mol. The summed E-state index contributed by atoms with van der Waals surface area (Å²) in [6.07, 6.45) is 3.50. The van der Waals surface area contributed by atoms with Gasteiger partial charge < -0.3 is 9.80 Å². The highest BCUT2D eigenvalue weighted by molar-refractivity contribution is 6.05. The molecule has 4 amide bonds. The average Bonchev–Trinajstić information content (AvgIpc) is 3.23. The summed E-state index contributed by atoms with van der Waals surface area (Å²) in [4.78, 5) is 40.5. The van der Waals surface area contributed by atoms with Crippen LogP contribution in [-0.2, 0) is 16.1 Å². The van der Waals surface area contributed by atoms with Crippen molar-refractivity contribution in [2.24, 2.45) is 0 Å². The molecule has 26 heavy (non-hydrogen) atoms. The van der Waals surface area contributed by atoms with E-state index in [1.807, 2.05) is 36.5 Å². The van der Waals surface area contributed by atoms with Crippen molar-refractivity contribution in [2.45, 2.75) is 19.0 Å². The fraction of sp³-hybridized carbons (Fsp3) is 0.333. The number of benzene rings is 1. The minimum Gasteiger partial charge on any atom is -0.341 e. The zero-order valence-corrected chi connectivity index (χ0v) is 15.0. The van der Waals surface area contributed by atoms with E-state index in [2.05, 4.69) is 5.10 Å². The summed E-state index contributed by atoms with van der Waals surface area (Å²) in [5, 5.41) is 4.24. The number of aromatic nitrogens is 2. The molecule has 0 aliphatic carbocycles. The van der Waals surface area contributed by atoms with Crippen molar-refractivity contribution in [3.8, 4) is 5.69 Å². The van der Waals surface area contributed by atoms with Crippen LogP contribution in [0, 0.1) is 0 Å². The lowest BCUT2D eigenvalue weighted by Crippen LogP contribution is -2.38. The van der Waals surface area contributed by atoms with Gasteiger partial charge in [0.25, 0.3) is 5.91 Å². The lowest BCUT2D eigenvalue weighted by atomic mass is 10.1. The largest absolute Gasteiger partial charge is 0.341 e. The smallest absolute Gasteiger partial charge is 0.326 e. The molecule has 3 rings (SSSR count). The fourth-order valence-corrected chi connectivity index (χ4v) is 3.02. The van der Waals surface area contributed by atoms with E-state index in [9.17, 15) is 14.4 Å². The minimum atomic E-state index is -0.746. The second-order valence-corrected chi connectivity index (χ2v) is 6.34. The molecule has 1 fully saturated rings. The Morgan fingerprint density at radius 3 is 2.54 bits per heavy atom. The molecule has 0 bridgehead atoms. The summed E-state index contributed by atoms with van der Waals surface area (Å²) < 4.78 is 1.75. The second kappa shape index (κ2) is 6.99. The van der Waals surface area contributed by atoms with E-state index in [1.165, 1.54) is 19.0 Å². The Kier molecular flexibility index (Phi) is 4.75. The van der Waals surface area contributed by atoms with Gasteiger partial charge in [-0.15, -0.1) is 0 Å². The molecule has 8 heteroatoms. The van der Waals surface area contributed by atoms with Gasteiger partial charge in [-0.05, 0) is 17.7 Å². The lowest BCUT2D eigenvalue weighted by Gasteiger charge is -2.22. The number of carbonyl (C=O) groups excluding carboxylic acids is 3. The normalized spacial score (nSPS) is 17.1. The van der Waals surface area contributed by atoms with Crippen molar-refractivity contribution >= 4 is 17.8 Å². The highest BCUT2D eigenvalue weighted by atomic mass is 16.2. The monoisotopic (exact) mass is 355 g/mol. The Morgan fingerprint density at radius 2 is 1.92 bits per heavy atom. The van der Waals surface area contributed by atoms with E-state index in [1.54, 1.807) is 22.8 Å². The van der Waals surface area contributed by atoms with E-state index in [4.69, 9.17) is 0 Å². The Labute approximate surface area is 151 Å². The van der Waals surface area contributed by atoms with Crippen LogP contribution in [0.3, 0.4) is 0 Å². The van der Waals surface area contributed by atoms with Crippen LogP contribution in [0.15, 0.2) is 42.7 Å². The lowest BCUT2D eigenvalue weighted by molar-refractivity contribution is -0.135. The van der Waals surface area contributed by atoms with Gasteiger partial charge in [-0.1, -0.05) is 18.2 Å². The molecule has 1 aromatic heterocycles. The second-order valence-electron chi connectivity index (χ2n) is 6.34. The van der Waals surface area contributed by atoms with Crippen molar-refractivity contribution in [1.82, 2.24) is 24.5 Å². The first-order chi connectivity index (χ1) is 12.4. The van der Waals surface area contributed by atoms with Crippen LogP contribution < -0.4 is 0 Å². The number of amides is 4. The molecule has 136 valence electrons. The molecular formula is C18H21N5O3. The van der Waals surface area contributed by atoms with Gasteiger partial charge in [-0.25, -0.2) is 9.48 Å². The SMILES string of the molecule is CN(Cc1ccccc1-n1cccn1)C(=O)C[C@@H]1C(=O)N(C)C(=O)N1C. The van der Waals surface area contributed by atoms with Crippen LogP contribution in [0.4, 0.5) is 4.79 Å². The Hall–Kier alpha value is -3.16. The number of imide groups is 1. The summed E-state index contributed by atoms with van der Waals surface area (Å²) in [7, 11) is 4.65. The number of nitrogens with zero attached hydrogens (tertiary/aromatic N) is 5. The maximum absolute atomic E-state index is 12.6. The van der Waals surface area contributed by atoms with Gasteiger partial charge in [0.1, 0.15) is 6.04 Å². The molecule has 0 N–H and O–H groups in total. The molecular weight excluding hydrogens is 334 g/mol. The zero-order valence-electron chi connectivity index (χ0n) is 15.0. The summed E-state index contributed by atoms with van der Waals surface area (Å²) >= 11 is 0. The van der Waals surface area contributed by atoms with Gasteiger partial charge in [-0.3, -0.25) is 14.5 Å². The van der Waals surface area contributed by atoms with Gasteiger partial charge in [0.05, 0.1) is 12.1 Å². The molecule has 1 aliphatic heterocycles. The summed E-state index contributed by atoms with van der Waals surface area (Å²) in [5.41, 5.74) is 1.83. The van der Waals surface area contributed by atoms with Crippen molar-refractivity contribution in [3.05, 3.63) is 48.3 Å². The molecule has 0 unspecified atom stereocenters. The van der Waals surface area contributed by atoms with Gasteiger partial charge in [0.2, 0.25) is 5.91 Å². The van der Waals surface area contributed by atoms with Gasteiger partial charge >= 0.3 is 6.03 Å². The van der Waals surface area contributed by atoms with Gasteiger partial charge in [-0.2, -0.15) is 5.10 Å². The standard InChI is InChI=1S/C18H21N5O3/c1-20(16(24)11-15-17(25)22(3)18(26)21(15)2)12-13-7-4-5-8-14(13)23-10-6-9-19-23/h4-10,15H,11-12H2,1-3H3/t15-/m1/s1. The maximum atomic E-state index is 12.6. The number of carbonyl (C=O) groups is 3. The molecule has 0 saturated carbocycles. The van der Waals surface area contributed by atoms with Crippen LogP contribution in [-0.4, -0.2) is 69.5 Å². The van der Waals surface area contributed by atoms with E-state index in [0.717, 1.165) is 16.2 Å². The Balaban J connectivity index is 1.71. The van der Waals surface area contributed by atoms with Crippen LogP contribution in [0.2, 0.25) is 0 Å². The number of para-hydroxylation sites is 1. The first-order valence-corrected chi connectivity index (χ1v) is 8.26. The van der Waals surface area contributed by atoms with E-state index < -0.39 is 6.04 Å². The zero-order chi connectivity index (χ0) is 18.8. The molecule has 2 heterocycles. The third-order valence-electron chi connectivity index (χ3n) is 4.62. The molecule has 1 aliphatic rings. The first kappa shape index (κ1) is 17.7. The third-order valence-corrected chi connectivity index (χ3v) is 4.62.